The Bertz CT molecular complexity index is 8.00. The van der Waals surface area contributed by atoms with Crippen molar-refractivity contribution in [1.29, 1.82) is 0 Å². The first-order chi connectivity index (χ1) is 1.00. The molecule has 0 unspecified atom stereocenters. The Hall–Kier alpha value is 1.81. The second-order valence-electron chi connectivity index (χ2n) is 0. The van der Waals surface area contributed by atoms with Crippen LogP contribution >= 0.6 is 0 Å². The molecule has 0 bridgehead atoms. The SMILES string of the molecule is O[SiH3].[CH3-].[K+]. The summed E-state index contributed by atoms with van der Waals surface area (Å²) < 4.78 is 0. The van der Waals surface area contributed by atoms with Gasteiger partial charge < -0.3 is 12.2 Å². The third-order valence-electron chi connectivity index (χ3n) is 0. The third kappa shape index (κ3) is 9.18. The van der Waals surface area contributed by atoms with Crippen molar-refractivity contribution in [1.82, 2.24) is 0 Å². The topological polar surface area (TPSA) is 20.2 Å². The van der Waals surface area contributed by atoms with Gasteiger partial charge in [-0.3, -0.25) is 0 Å². The molecule has 0 aliphatic carbocycles. The summed E-state index contributed by atoms with van der Waals surface area (Å²) in [6.07, 6.45) is 0. The molecule has 0 aromatic rings. The van der Waals surface area contributed by atoms with Crippen LogP contribution in [0.4, 0.5) is 0 Å². The Morgan fingerprint density at radius 2 is 1.25 bits per heavy atom. The van der Waals surface area contributed by atoms with E-state index in [9.17, 15) is 0 Å². The second-order valence-corrected chi connectivity index (χ2v) is 0. The van der Waals surface area contributed by atoms with Crippen LogP contribution in [0.15, 0.2) is 0 Å². The van der Waals surface area contributed by atoms with Crippen LogP contribution < -0.4 is 51.4 Å². The number of hydrogen-bond donors (Lipinski definition) is 1. The summed E-state index contributed by atoms with van der Waals surface area (Å²) in [6, 6.07) is 0. The summed E-state index contributed by atoms with van der Waals surface area (Å²) >= 11 is 0. The van der Waals surface area contributed by atoms with Crippen molar-refractivity contribution in [2.75, 3.05) is 0 Å². The monoisotopic (exact) mass is 102 g/mol. The van der Waals surface area contributed by atoms with Crippen molar-refractivity contribution in [3.8, 4) is 0 Å². The van der Waals surface area contributed by atoms with E-state index in [4.69, 9.17) is 4.80 Å². The Balaban J connectivity index is -0.00000000500. The molecule has 0 heterocycles. The Morgan fingerprint density at radius 1 is 1.25 bits per heavy atom. The molecule has 0 aromatic heterocycles. The standard InChI is InChI=1S/CH3.K.H4OSi/c;;1-2/h1H3;;1H,2H3/q-1;+1;. The van der Waals surface area contributed by atoms with E-state index in [1.165, 1.54) is 0 Å². The van der Waals surface area contributed by atoms with Gasteiger partial charge in [0.2, 0.25) is 0 Å². The van der Waals surface area contributed by atoms with Crippen LogP contribution in [0.5, 0.6) is 0 Å². The quantitative estimate of drug-likeness (QED) is 0.242. The summed E-state index contributed by atoms with van der Waals surface area (Å²) in [6.45, 7) is 0. The van der Waals surface area contributed by atoms with E-state index in [2.05, 4.69) is 0 Å². The fraction of sp³-hybridized carbons (Fsp3) is 0. The van der Waals surface area contributed by atoms with Crippen molar-refractivity contribution in [2.45, 2.75) is 0 Å². The second kappa shape index (κ2) is 21.3. The molecule has 0 radical (unpaired) electrons. The summed E-state index contributed by atoms with van der Waals surface area (Å²) in [7, 11) is 0.306. The van der Waals surface area contributed by atoms with Gasteiger partial charge in [-0.2, -0.15) is 0 Å². The molecule has 0 spiro atoms. The Labute approximate surface area is 72.8 Å². The Morgan fingerprint density at radius 3 is 1.25 bits per heavy atom. The molecule has 0 fully saturated rings. The van der Waals surface area contributed by atoms with Crippen LogP contribution in [0, 0.1) is 7.43 Å². The number of rotatable bonds is 0. The van der Waals surface area contributed by atoms with Crippen LogP contribution in [0.1, 0.15) is 0 Å². The van der Waals surface area contributed by atoms with Crippen LogP contribution in [0.25, 0.3) is 0 Å². The molecule has 0 aromatic carbocycles. The van der Waals surface area contributed by atoms with E-state index in [1.54, 1.807) is 0 Å². The van der Waals surface area contributed by atoms with Crippen molar-refractivity contribution in [3.05, 3.63) is 7.43 Å². The average molecular weight is 102 g/mol. The van der Waals surface area contributed by atoms with E-state index in [0.29, 0.717) is 10.5 Å². The van der Waals surface area contributed by atoms with Gasteiger partial charge in [0.25, 0.3) is 0 Å². The van der Waals surface area contributed by atoms with E-state index < -0.39 is 0 Å². The smallest absolute Gasteiger partial charge is 0.442 e. The first kappa shape index (κ1) is 17.0. The minimum Gasteiger partial charge on any atom is -0.442 e. The molecule has 0 atom stereocenters. The maximum absolute atomic E-state index is 7.14. The summed E-state index contributed by atoms with van der Waals surface area (Å²) in [5.74, 6) is 0. The number of hydrogen-bond acceptors (Lipinski definition) is 1. The fourth-order valence-corrected chi connectivity index (χ4v) is 0. The van der Waals surface area contributed by atoms with Gasteiger partial charge in [0.05, 0.1) is 0 Å². The fourth-order valence-electron chi connectivity index (χ4n) is 0. The summed E-state index contributed by atoms with van der Waals surface area (Å²) in [4.78, 5) is 7.14. The zero-order chi connectivity index (χ0) is 2.00. The van der Waals surface area contributed by atoms with Crippen molar-refractivity contribution < 1.29 is 56.2 Å². The van der Waals surface area contributed by atoms with E-state index >= 15 is 0 Å². The van der Waals surface area contributed by atoms with Crippen LogP contribution in [0.2, 0.25) is 0 Å². The van der Waals surface area contributed by atoms with Gasteiger partial charge in [-0.25, -0.2) is 0 Å². The van der Waals surface area contributed by atoms with Gasteiger partial charge in [0.15, 0.2) is 0 Å². The molecule has 0 aliphatic rings. The molecule has 0 amide bonds. The average Bonchev–Trinajstić information content (AvgIpc) is 1.00. The molecule has 4 heavy (non-hydrogen) atoms. The molecule has 1 N–H and O–H groups in total. The largest absolute Gasteiger partial charge is 1.00 e. The molecule has 22 valence electrons. The van der Waals surface area contributed by atoms with Crippen molar-refractivity contribution in [3.63, 3.8) is 0 Å². The summed E-state index contributed by atoms with van der Waals surface area (Å²) in [5, 5.41) is 0. The van der Waals surface area contributed by atoms with Crippen LogP contribution in [0.3, 0.4) is 0 Å². The van der Waals surface area contributed by atoms with Gasteiger partial charge in [-0.1, -0.05) is 0 Å². The molecular weight excluding hydrogens is 95.2 g/mol. The van der Waals surface area contributed by atoms with Crippen LogP contribution in [-0.4, -0.2) is 15.3 Å². The third-order valence-corrected chi connectivity index (χ3v) is 0. The minimum atomic E-state index is 0. The first-order valence-electron chi connectivity index (χ1n) is 0.447. The molecule has 3 heteroatoms. The van der Waals surface area contributed by atoms with Gasteiger partial charge in [0.1, 0.15) is 10.5 Å². The summed E-state index contributed by atoms with van der Waals surface area (Å²) in [5.41, 5.74) is 0. The molecule has 1 nitrogen and oxygen atoms in total. The van der Waals surface area contributed by atoms with Gasteiger partial charge >= 0.3 is 51.4 Å². The molecule has 0 saturated carbocycles. The first-order valence-corrected chi connectivity index (χ1v) is 1.34. The van der Waals surface area contributed by atoms with E-state index in [0.717, 1.165) is 0 Å². The predicted octanol–water partition coefficient (Wildman–Crippen LogP) is -4.29. The van der Waals surface area contributed by atoms with Gasteiger partial charge in [-0.05, 0) is 0 Å². The van der Waals surface area contributed by atoms with E-state index in [1.807, 2.05) is 0 Å². The maximum atomic E-state index is 7.14. The Kier molecular flexibility index (Phi) is 90.6. The van der Waals surface area contributed by atoms with Gasteiger partial charge in [0, 0.05) is 0 Å². The normalized spacial score (nSPS) is 2.25. The molecule has 0 saturated heterocycles. The molecular formula is CH7KOSi. The zero-order valence-electron chi connectivity index (χ0n) is 3.45. The molecule has 0 aliphatic heterocycles. The minimum absolute atomic E-state index is 0. The zero-order valence-corrected chi connectivity index (χ0v) is 8.57. The van der Waals surface area contributed by atoms with Crippen molar-refractivity contribution >= 4 is 10.5 Å². The van der Waals surface area contributed by atoms with E-state index in [-0.39, 0.29) is 58.8 Å². The maximum Gasteiger partial charge on any atom is 1.00 e. The predicted molar refractivity (Wildman–Crippen MR) is 18.6 cm³/mol. The van der Waals surface area contributed by atoms with Crippen LogP contribution in [-0.2, 0) is 0 Å². The van der Waals surface area contributed by atoms with Gasteiger partial charge in [-0.15, -0.1) is 0 Å². The van der Waals surface area contributed by atoms with Crippen molar-refractivity contribution in [2.24, 2.45) is 0 Å². The molecule has 0 rings (SSSR count).